The van der Waals surface area contributed by atoms with Crippen LogP contribution in [-0.2, 0) is 4.79 Å². The first kappa shape index (κ1) is 14.1. The number of amides is 1. The first-order chi connectivity index (χ1) is 10.4. The van der Waals surface area contributed by atoms with Crippen molar-refractivity contribution in [2.24, 2.45) is 0 Å². The second kappa shape index (κ2) is 4.87. The van der Waals surface area contributed by atoms with Crippen LogP contribution in [-0.4, -0.2) is 22.6 Å². The smallest absolute Gasteiger partial charge is 0.335 e. The summed E-state index contributed by atoms with van der Waals surface area (Å²) < 4.78 is 5.74. The molecular weight excluding hydrogens is 282 g/mol. The van der Waals surface area contributed by atoms with Crippen molar-refractivity contribution in [2.45, 2.75) is 19.4 Å². The molecule has 22 heavy (non-hydrogen) atoms. The first-order valence-corrected chi connectivity index (χ1v) is 6.85. The molecule has 1 aliphatic rings. The number of aromatic carboxylic acids is 1. The fourth-order valence-electron chi connectivity index (χ4n) is 2.32. The molecule has 0 spiro atoms. The summed E-state index contributed by atoms with van der Waals surface area (Å²) in [4.78, 5) is 22.9. The van der Waals surface area contributed by atoms with Gasteiger partial charge in [-0.2, -0.15) is 0 Å². The monoisotopic (exact) mass is 297 g/mol. The Hall–Kier alpha value is -2.82. The van der Waals surface area contributed by atoms with Gasteiger partial charge in [-0.1, -0.05) is 18.2 Å². The molecule has 5 nitrogen and oxygen atoms in total. The second-order valence-corrected chi connectivity index (χ2v) is 5.66. The number of anilines is 1. The molecule has 0 saturated heterocycles. The molecule has 0 saturated carbocycles. The summed E-state index contributed by atoms with van der Waals surface area (Å²) in [5, 5.41) is 11.9. The van der Waals surface area contributed by atoms with E-state index in [9.17, 15) is 9.59 Å². The summed E-state index contributed by atoms with van der Waals surface area (Å²) in [6, 6.07) is 12.1. The molecule has 0 fully saturated rings. The maximum absolute atomic E-state index is 11.9. The van der Waals surface area contributed by atoms with Crippen LogP contribution in [0.1, 0.15) is 24.2 Å². The Balaban J connectivity index is 2.03. The highest BCUT2D eigenvalue weighted by atomic mass is 16.5. The summed E-state index contributed by atoms with van der Waals surface area (Å²) in [5.41, 5.74) is 1.51. The van der Waals surface area contributed by atoms with Crippen molar-refractivity contribution >= 4 is 17.6 Å². The predicted molar refractivity (Wildman–Crippen MR) is 82.2 cm³/mol. The Morgan fingerprint density at radius 1 is 1.14 bits per heavy atom. The van der Waals surface area contributed by atoms with Crippen molar-refractivity contribution < 1.29 is 19.4 Å². The third-order valence-corrected chi connectivity index (χ3v) is 3.58. The van der Waals surface area contributed by atoms with Crippen LogP contribution in [0.25, 0.3) is 11.1 Å². The number of carboxylic acids is 1. The van der Waals surface area contributed by atoms with Gasteiger partial charge in [0, 0.05) is 0 Å². The normalized spacial score (nSPS) is 15.5. The molecule has 0 bridgehead atoms. The van der Waals surface area contributed by atoms with Gasteiger partial charge in [-0.25, -0.2) is 4.79 Å². The summed E-state index contributed by atoms with van der Waals surface area (Å²) in [5.74, 6) is -0.590. The van der Waals surface area contributed by atoms with E-state index in [1.165, 1.54) is 0 Å². The van der Waals surface area contributed by atoms with Crippen LogP contribution in [0.15, 0.2) is 42.5 Å². The minimum absolute atomic E-state index is 0.194. The first-order valence-electron chi connectivity index (χ1n) is 6.85. The zero-order chi connectivity index (χ0) is 15.9. The van der Waals surface area contributed by atoms with Gasteiger partial charge >= 0.3 is 5.97 Å². The number of nitrogens with one attached hydrogen (secondary N) is 1. The lowest BCUT2D eigenvalue weighted by molar-refractivity contribution is -0.129. The van der Waals surface area contributed by atoms with E-state index in [4.69, 9.17) is 9.84 Å². The number of carbonyl (C=O) groups excluding carboxylic acids is 1. The van der Waals surface area contributed by atoms with Crippen molar-refractivity contribution in [3.05, 3.63) is 48.0 Å². The molecule has 0 aromatic heterocycles. The number of hydrogen-bond donors (Lipinski definition) is 2. The van der Waals surface area contributed by atoms with Gasteiger partial charge in [-0.15, -0.1) is 0 Å². The van der Waals surface area contributed by atoms with E-state index in [-0.39, 0.29) is 11.5 Å². The molecule has 5 heteroatoms. The maximum atomic E-state index is 11.9. The van der Waals surface area contributed by atoms with E-state index in [2.05, 4.69) is 5.32 Å². The molecule has 0 atom stereocenters. The molecule has 1 amide bonds. The Kier molecular flexibility index (Phi) is 3.13. The van der Waals surface area contributed by atoms with Crippen molar-refractivity contribution in [1.29, 1.82) is 0 Å². The topological polar surface area (TPSA) is 75.6 Å². The largest absolute Gasteiger partial charge is 0.478 e. The summed E-state index contributed by atoms with van der Waals surface area (Å²) in [7, 11) is 0. The predicted octanol–water partition coefficient (Wildman–Crippen LogP) is 3.16. The Labute approximate surface area is 127 Å². The molecule has 112 valence electrons. The van der Waals surface area contributed by atoms with E-state index >= 15 is 0 Å². The number of ether oxygens (including phenoxy) is 1. The van der Waals surface area contributed by atoms with Crippen molar-refractivity contribution in [1.82, 2.24) is 0 Å². The van der Waals surface area contributed by atoms with Crippen LogP contribution in [0.3, 0.4) is 0 Å². The molecular formula is C17H15NO4. The van der Waals surface area contributed by atoms with Crippen LogP contribution >= 0.6 is 0 Å². The third-order valence-electron chi connectivity index (χ3n) is 3.58. The second-order valence-electron chi connectivity index (χ2n) is 5.66. The maximum Gasteiger partial charge on any atom is 0.335 e. The lowest BCUT2D eigenvalue weighted by Crippen LogP contribution is -2.45. The highest BCUT2D eigenvalue weighted by Gasteiger charge is 2.35. The SMILES string of the molecule is CC1(C)Oc2cc(-c3cccc(C(=O)O)c3)ccc2NC1=O. The number of hydrogen-bond acceptors (Lipinski definition) is 3. The van der Waals surface area contributed by atoms with Gasteiger partial charge in [0.15, 0.2) is 5.60 Å². The zero-order valence-corrected chi connectivity index (χ0v) is 12.2. The Morgan fingerprint density at radius 2 is 1.86 bits per heavy atom. The molecule has 1 heterocycles. The number of rotatable bonds is 2. The highest BCUT2D eigenvalue weighted by molar-refractivity contribution is 6.00. The van der Waals surface area contributed by atoms with Crippen molar-refractivity contribution in [3.63, 3.8) is 0 Å². The molecule has 2 N–H and O–H groups in total. The Bertz CT molecular complexity index is 780. The number of fused-ring (bicyclic) bond motifs is 1. The van der Waals surface area contributed by atoms with E-state index in [1.54, 1.807) is 44.2 Å². The van der Waals surface area contributed by atoms with E-state index in [0.29, 0.717) is 11.4 Å². The standard InChI is InChI=1S/C17H15NO4/c1-17(2)16(21)18-13-7-6-11(9-14(13)22-17)10-4-3-5-12(8-10)15(19)20/h3-9H,1-2H3,(H,18,21)(H,19,20). The van der Waals surface area contributed by atoms with Gasteiger partial charge in [0.1, 0.15) is 5.75 Å². The number of benzene rings is 2. The molecule has 1 aliphatic heterocycles. The highest BCUT2D eigenvalue weighted by Crippen LogP contribution is 2.37. The molecule has 2 aromatic rings. The average molecular weight is 297 g/mol. The van der Waals surface area contributed by atoms with Crippen LogP contribution < -0.4 is 10.1 Å². The van der Waals surface area contributed by atoms with E-state index < -0.39 is 11.6 Å². The summed E-state index contributed by atoms with van der Waals surface area (Å²) >= 11 is 0. The zero-order valence-electron chi connectivity index (χ0n) is 12.2. The molecule has 0 unspecified atom stereocenters. The van der Waals surface area contributed by atoms with Gasteiger partial charge in [-0.05, 0) is 49.2 Å². The molecule has 3 rings (SSSR count). The van der Waals surface area contributed by atoms with Gasteiger partial charge < -0.3 is 15.2 Å². The van der Waals surface area contributed by atoms with Crippen LogP contribution in [0, 0.1) is 0 Å². The minimum Gasteiger partial charge on any atom is -0.478 e. The van der Waals surface area contributed by atoms with Gasteiger partial charge in [0.25, 0.3) is 5.91 Å². The minimum atomic E-state index is -0.968. The number of carbonyl (C=O) groups is 2. The van der Waals surface area contributed by atoms with Gasteiger partial charge in [-0.3, -0.25) is 4.79 Å². The van der Waals surface area contributed by atoms with E-state index in [0.717, 1.165) is 11.1 Å². The van der Waals surface area contributed by atoms with Crippen molar-refractivity contribution in [2.75, 3.05) is 5.32 Å². The van der Waals surface area contributed by atoms with Crippen molar-refractivity contribution in [3.8, 4) is 16.9 Å². The van der Waals surface area contributed by atoms with Crippen LogP contribution in [0.5, 0.6) is 5.75 Å². The lowest BCUT2D eigenvalue weighted by Gasteiger charge is -2.31. The summed E-state index contributed by atoms with van der Waals surface area (Å²) in [6.07, 6.45) is 0. The van der Waals surface area contributed by atoms with E-state index in [1.807, 2.05) is 12.1 Å². The molecule has 0 radical (unpaired) electrons. The van der Waals surface area contributed by atoms with Gasteiger partial charge in [0.05, 0.1) is 11.3 Å². The van der Waals surface area contributed by atoms with Crippen LogP contribution in [0.4, 0.5) is 5.69 Å². The number of carboxylic acid groups (broad SMARTS) is 1. The summed E-state index contributed by atoms with van der Waals surface area (Å²) in [6.45, 7) is 3.39. The van der Waals surface area contributed by atoms with Crippen LogP contribution in [0.2, 0.25) is 0 Å². The lowest BCUT2D eigenvalue weighted by atomic mass is 10.0. The average Bonchev–Trinajstić information content (AvgIpc) is 2.48. The third kappa shape index (κ3) is 2.41. The fraction of sp³-hybridized carbons (Fsp3) is 0.176. The molecule has 2 aromatic carbocycles. The fourth-order valence-corrected chi connectivity index (χ4v) is 2.32. The quantitative estimate of drug-likeness (QED) is 0.892. The Morgan fingerprint density at radius 3 is 2.59 bits per heavy atom. The van der Waals surface area contributed by atoms with Gasteiger partial charge in [0.2, 0.25) is 0 Å². The molecule has 0 aliphatic carbocycles.